The Labute approximate surface area is 162 Å². The largest absolute Gasteiger partial charge is 0.433 e. The Kier molecular flexibility index (Phi) is 6.16. The molecule has 8 heteroatoms. The van der Waals surface area contributed by atoms with Gasteiger partial charge in [-0.3, -0.25) is 4.79 Å². The molecule has 0 spiro atoms. The highest BCUT2D eigenvalue weighted by Gasteiger charge is 2.34. The van der Waals surface area contributed by atoms with Crippen molar-refractivity contribution in [3.8, 4) is 0 Å². The molecule has 1 saturated heterocycles. The van der Waals surface area contributed by atoms with E-state index in [1.807, 2.05) is 35.2 Å². The monoisotopic (exact) mass is 392 g/mol. The number of amides is 1. The molecule has 2 aromatic rings. The number of halogens is 3. The first-order chi connectivity index (χ1) is 13.3. The smallest absolute Gasteiger partial charge is 0.356 e. The zero-order valence-corrected chi connectivity index (χ0v) is 15.7. The van der Waals surface area contributed by atoms with E-state index >= 15 is 0 Å². The highest BCUT2D eigenvalue weighted by Crippen LogP contribution is 2.30. The van der Waals surface area contributed by atoms with Crippen molar-refractivity contribution < 1.29 is 18.0 Å². The molecule has 1 fully saturated rings. The molecule has 1 N–H and O–H groups in total. The fraction of sp³-hybridized carbons (Fsp3) is 0.450. The van der Waals surface area contributed by atoms with Crippen molar-refractivity contribution in [3.05, 3.63) is 53.5 Å². The molecular formula is C20H23F3N4O. The summed E-state index contributed by atoms with van der Waals surface area (Å²) in [7, 11) is 0. The minimum absolute atomic E-state index is 0.000425. The highest BCUT2D eigenvalue weighted by atomic mass is 19.4. The van der Waals surface area contributed by atoms with E-state index in [1.165, 1.54) is 6.92 Å². The van der Waals surface area contributed by atoms with Crippen LogP contribution in [-0.4, -0.2) is 35.0 Å². The first-order valence-corrected chi connectivity index (χ1v) is 9.32. The topological polar surface area (TPSA) is 58.1 Å². The van der Waals surface area contributed by atoms with Crippen molar-refractivity contribution in [1.29, 1.82) is 0 Å². The van der Waals surface area contributed by atoms with E-state index in [0.717, 1.165) is 11.6 Å². The van der Waals surface area contributed by atoms with Crippen molar-refractivity contribution in [3.63, 3.8) is 0 Å². The maximum absolute atomic E-state index is 13.0. The van der Waals surface area contributed by atoms with Crippen molar-refractivity contribution in [2.24, 2.45) is 0 Å². The summed E-state index contributed by atoms with van der Waals surface area (Å²) in [6.45, 7) is 2.53. The van der Waals surface area contributed by atoms with Gasteiger partial charge < -0.3 is 10.2 Å². The molecule has 0 radical (unpaired) electrons. The van der Waals surface area contributed by atoms with E-state index < -0.39 is 11.9 Å². The average Bonchev–Trinajstić information content (AvgIpc) is 2.67. The summed E-state index contributed by atoms with van der Waals surface area (Å²) in [5.41, 5.74) is 0.193. The second-order valence-corrected chi connectivity index (χ2v) is 6.97. The van der Waals surface area contributed by atoms with E-state index in [4.69, 9.17) is 0 Å². The van der Waals surface area contributed by atoms with Gasteiger partial charge in [-0.1, -0.05) is 30.3 Å². The first-order valence-electron chi connectivity index (χ1n) is 9.32. The molecule has 0 atom stereocenters. The number of aryl methyl sites for hydroxylation is 2. The molecule has 0 aliphatic carbocycles. The quantitative estimate of drug-likeness (QED) is 0.846. The van der Waals surface area contributed by atoms with E-state index in [9.17, 15) is 18.0 Å². The van der Waals surface area contributed by atoms with Crippen LogP contribution in [0.5, 0.6) is 0 Å². The van der Waals surface area contributed by atoms with Crippen LogP contribution in [0.15, 0.2) is 36.4 Å². The zero-order valence-electron chi connectivity index (χ0n) is 15.7. The van der Waals surface area contributed by atoms with Crippen LogP contribution in [0.3, 0.4) is 0 Å². The number of rotatable bonds is 5. The average molecular weight is 392 g/mol. The maximum Gasteiger partial charge on any atom is 0.433 e. The number of nitrogens with one attached hydrogen (secondary N) is 1. The number of alkyl halides is 3. The molecule has 1 aromatic heterocycles. The van der Waals surface area contributed by atoms with Crippen LogP contribution in [0.2, 0.25) is 0 Å². The van der Waals surface area contributed by atoms with Gasteiger partial charge in [-0.2, -0.15) is 13.2 Å². The van der Waals surface area contributed by atoms with Crippen LogP contribution in [-0.2, 0) is 17.4 Å². The second-order valence-electron chi connectivity index (χ2n) is 6.97. The Morgan fingerprint density at radius 2 is 1.86 bits per heavy atom. The maximum atomic E-state index is 13.0. The minimum atomic E-state index is -4.49. The molecule has 28 heavy (non-hydrogen) atoms. The summed E-state index contributed by atoms with van der Waals surface area (Å²) in [6, 6.07) is 10.8. The molecular weight excluding hydrogens is 369 g/mol. The van der Waals surface area contributed by atoms with Crippen LogP contribution in [0.4, 0.5) is 19.0 Å². The predicted octanol–water partition coefficient (Wildman–Crippen LogP) is 3.52. The fourth-order valence-electron chi connectivity index (χ4n) is 3.31. The second kappa shape index (κ2) is 8.58. The van der Waals surface area contributed by atoms with Crippen LogP contribution in [0, 0.1) is 6.92 Å². The molecule has 150 valence electrons. The Balaban J connectivity index is 1.50. The van der Waals surface area contributed by atoms with Crippen molar-refractivity contribution in [1.82, 2.24) is 15.3 Å². The summed E-state index contributed by atoms with van der Waals surface area (Å²) in [5, 5.41) is 3.03. The number of nitrogens with zero attached hydrogens (tertiary/aromatic N) is 3. The third-order valence-electron chi connectivity index (χ3n) is 4.78. The Morgan fingerprint density at radius 1 is 1.18 bits per heavy atom. The summed E-state index contributed by atoms with van der Waals surface area (Å²) in [5.74, 6) is 0.384. The van der Waals surface area contributed by atoms with Gasteiger partial charge in [0.1, 0.15) is 17.3 Å². The number of anilines is 1. The summed E-state index contributed by atoms with van der Waals surface area (Å²) in [4.78, 5) is 21.6. The standard InChI is InChI=1S/C20H23F3N4O/c1-14-24-17(20(21,22)23)13-18(25-14)27-11-9-16(10-12-27)26-19(28)8-7-15-5-3-2-4-6-15/h2-6,13,16H,7-12H2,1H3,(H,26,28). The molecule has 0 unspecified atom stereocenters. The highest BCUT2D eigenvalue weighted by molar-refractivity contribution is 5.76. The summed E-state index contributed by atoms with van der Waals surface area (Å²) >= 11 is 0. The van der Waals surface area contributed by atoms with E-state index in [0.29, 0.717) is 38.8 Å². The third kappa shape index (κ3) is 5.43. The lowest BCUT2D eigenvalue weighted by Gasteiger charge is -2.33. The van der Waals surface area contributed by atoms with Gasteiger partial charge >= 0.3 is 6.18 Å². The molecule has 0 saturated carbocycles. The Morgan fingerprint density at radius 3 is 2.50 bits per heavy atom. The van der Waals surface area contributed by atoms with Gasteiger partial charge in [-0.05, 0) is 31.7 Å². The lowest BCUT2D eigenvalue weighted by atomic mass is 10.0. The normalized spacial score (nSPS) is 15.5. The first kappa shape index (κ1) is 20.1. The predicted molar refractivity (Wildman–Crippen MR) is 99.9 cm³/mol. The fourth-order valence-corrected chi connectivity index (χ4v) is 3.31. The van der Waals surface area contributed by atoms with Gasteiger partial charge in [0.05, 0.1) is 0 Å². The zero-order chi connectivity index (χ0) is 20.1. The molecule has 1 aliphatic heterocycles. The van der Waals surface area contributed by atoms with E-state index in [2.05, 4.69) is 15.3 Å². The van der Waals surface area contributed by atoms with E-state index in [1.54, 1.807) is 0 Å². The lowest BCUT2D eigenvalue weighted by Crippen LogP contribution is -2.45. The van der Waals surface area contributed by atoms with Crippen LogP contribution in [0.1, 0.15) is 36.3 Å². The number of benzene rings is 1. The minimum Gasteiger partial charge on any atom is -0.356 e. The van der Waals surface area contributed by atoms with Crippen molar-refractivity contribution in [2.45, 2.75) is 44.8 Å². The molecule has 2 heterocycles. The molecule has 1 aromatic carbocycles. The van der Waals surface area contributed by atoms with Crippen molar-refractivity contribution in [2.75, 3.05) is 18.0 Å². The summed E-state index contributed by atoms with van der Waals surface area (Å²) in [6.07, 6.45) is -2.05. The van der Waals surface area contributed by atoms with E-state index in [-0.39, 0.29) is 23.6 Å². The van der Waals surface area contributed by atoms with Gasteiger partial charge in [0, 0.05) is 31.6 Å². The van der Waals surface area contributed by atoms with Crippen LogP contribution >= 0.6 is 0 Å². The lowest BCUT2D eigenvalue weighted by molar-refractivity contribution is -0.141. The molecule has 3 rings (SSSR count). The van der Waals surface area contributed by atoms with Crippen LogP contribution in [0.25, 0.3) is 0 Å². The number of carbonyl (C=O) groups excluding carboxylic acids is 1. The number of piperidine rings is 1. The van der Waals surface area contributed by atoms with Gasteiger partial charge in [-0.15, -0.1) is 0 Å². The summed E-state index contributed by atoms with van der Waals surface area (Å²) < 4.78 is 38.9. The van der Waals surface area contributed by atoms with Crippen LogP contribution < -0.4 is 10.2 Å². The van der Waals surface area contributed by atoms with Gasteiger partial charge in [0.15, 0.2) is 0 Å². The molecule has 0 bridgehead atoms. The van der Waals surface area contributed by atoms with Gasteiger partial charge in [0.2, 0.25) is 5.91 Å². The molecule has 1 amide bonds. The number of hydrogen-bond donors (Lipinski definition) is 1. The third-order valence-corrected chi connectivity index (χ3v) is 4.78. The molecule has 5 nitrogen and oxygen atoms in total. The Hall–Kier alpha value is -2.64. The van der Waals surface area contributed by atoms with Gasteiger partial charge in [-0.25, -0.2) is 9.97 Å². The SMILES string of the molecule is Cc1nc(N2CCC(NC(=O)CCc3ccccc3)CC2)cc(C(F)(F)F)n1. The number of hydrogen-bond acceptors (Lipinski definition) is 4. The molecule has 1 aliphatic rings. The van der Waals surface area contributed by atoms with Crippen molar-refractivity contribution >= 4 is 11.7 Å². The number of carbonyl (C=O) groups is 1. The Bertz CT molecular complexity index is 803. The number of aromatic nitrogens is 2. The van der Waals surface area contributed by atoms with Gasteiger partial charge in [0.25, 0.3) is 0 Å².